The number of amides is 1. The zero-order valence-corrected chi connectivity index (χ0v) is 15.2. The summed E-state index contributed by atoms with van der Waals surface area (Å²) in [5.41, 5.74) is 1.76. The first-order valence-electron chi connectivity index (χ1n) is 8.39. The second-order valence-electron chi connectivity index (χ2n) is 6.06. The topological polar surface area (TPSA) is 73.0 Å². The Bertz CT molecular complexity index is 1100. The van der Waals surface area contributed by atoms with Gasteiger partial charge in [0.05, 0.1) is 6.54 Å². The lowest BCUT2D eigenvalue weighted by Crippen LogP contribution is -2.13. The van der Waals surface area contributed by atoms with Crippen LogP contribution in [0, 0.1) is 5.82 Å². The van der Waals surface area contributed by atoms with Crippen LogP contribution >= 0.6 is 11.6 Å². The van der Waals surface area contributed by atoms with Crippen molar-refractivity contribution in [2.24, 2.45) is 0 Å². The van der Waals surface area contributed by atoms with Gasteiger partial charge in [-0.2, -0.15) is 5.10 Å². The van der Waals surface area contributed by atoms with Crippen LogP contribution in [0.4, 0.5) is 10.2 Å². The molecule has 2 aromatic heterocycles. The van der Waals surface area contributed by atoms with E-state index in [1.165, 1.54) is 18.2 Å². The van der Waals surface area contributed by atoms with E-state index >= 15 is 0 Å². The molecule has 0 atom stereocenters. The quantitative estimate of drug-likeness (QED) is 0.533. The lowest BCUT2D eigenvalue weighted by molar-refractivity contribution is 0.101. The van der Waals surface area contributed by atoms with Gasteiger partial charge in [-0.25, -0.2) is 4.39 Å². The number of hydrogen-bond donors (Lipinski definition) is 1. The molecule has 0 radical (unpaired) electrons. The molecule has 2 aromatic carbocycles. The van der Waals surface area contributed by atoms with E-state index in [1.807, 2.05) is 24.3 Å². The Morgan fingerprint density at radius 1 is 1.11 bits per heavy atom. The van der Waals surface area contributed by atoms with Crippen molar-refractivity contribution in [2.45, 2.75) is 6.54 Å². The molecular weight excluding hydrogens is 383 g/mol. The van der Waals surface area contributed by atoms with E-state index in [0.717, 1.165) is 5.56 Å². The van der Waals surface area contributed by atoms with Gasteiger partial charge in [0.2, 0.25) is 0 Å². The summed E-state index contributed by atoms with van der Waals surface area (Å²) < 4.78 is 19.9. The van der Waals surface area contributed by atoms with Gasteiger partial charge < -0.3 is 9.84 Å². The van der Waals surface area contributed by atoms with Crippen LogP contribution < -0.4 is 5.32 Å². The van der Waals surface area contributed by atoms with Gasteiger partial charge in [0.15, 0.2) is 17.3 Å². The number of nitrogens with one attached hydrogen (secondary N) is 1. The second kappa shape index (κ2) is 7.66. The van der Waals surface area contributed by atoms with Crippen LogP contribution in [-0.4, -0.2) is 20.8 Å². The predicted molar refractivity (Wildman–Crippen MR) is 103 cm³/mol. The van der Waals surface area contributed by atoms with Crippen LogP contribution in [-0.2, 0) is 6.54 Å². The molecule has 1 amide bonds. The number of rotatable bonds is 5. The van der Waals surface area contributed by atoms with Crippen LogP contribution in [0.2, 0.25) is 5.02 Å². The molecule has 0 saturated heterocycles. The number of carbonyl (C=O) groups excluding carboxylic acids is 1. The summed E-state index contributed by atoms with van der Waals surface area (Å²) in [5, 5.41) is 11.4. The lowest BCUT2D eigenvalue weighted by atomic mass is 10.1. The number of anilines is 1. The summed E-state index contributed by atoms with van der Waals surface area (Å²) in [4.78, 5) is 12.4. The van der Waals surface area contributed by atoms with Gasteiger partial charge in [-0.1, -0.05) is 28.9 Å². The lowest BCUT2D eigenvalue weighted by Gasteiger charge is -2.02. The van der Waals surface area contributed by atoms with Gasteiger partial charge in [-0.3, -0.25) is 9.48 Å². The highest BCUT2D eigenvalue weighted by molar-refractivity contribution is 6.30. The van der Waals surface area contributed by atoms with Crippen molar-refractivity contribution in [2.75, 3.05) is 5.32 Å². The van der Waals surface area contributed by atoms with Crippen LogP contribution in [0.15, 0.2) is 71.4 Å². The Morgan fingerprint density at radius 2 is 1.86 bits per heavy atom. The third-order valence-corrected chi connectivity index (χ3v) is 4.26. The third kappa shape index (κ3) is 4.10. The Morgan fingerprint density at radius 3 is 2.61 bits per heavy atom. The highest BCUT2D eigenvalue weighted by Gasteiger charge is 2.15. The van der Waals surface area contributed by atoms with Crippen LogP contribution in [0.1, 0.15) is 16.1 Å². The maximum Gasteiger partial charge on any atom is 0.279 e. The molecule has 0 aliphatic heterocycles. The first-order chi connectivity index (χ1) is 13.6. The van der Waals surface area contributed by atoms with E-state index < -0.39 is 5.91 Å². The van der Waals surface area contributed by atoms with E-state index in [2.05, 4.69) is 15.6 Å². The van der Waals surface area contributed by atoms with Gasteiger partial charge in [-0.05, 0) is 42.0 Å². The molecule has 6 nitrogen and oxygen atoms in total. The Balaban J connectivity index is 1.42. The first kappa shape index (κ1) is 17.9. The minimum absolute atomic E-state index is 0.103. The van der Waals surface area contributed by atoms with Crippen LogP contribution in [0.25, 0.3) is 11.3 Å². The molecule has 8 heteroatoms. The van der Waals surface area contributed by atoms with E-state index in [-0.39, 0.29) is 11.5 Å². The van der Waals surface area contributed by atoms with Crippen molar-refractivity contribution in [3.63, 3.8) is 0 Å². The number of hydrogen-bond acceptors (Lipinski definition) is 4. The molecule has 0 aliphatic carbocycles. The molecule has 0 aliphatic rings. The molecule has 4 aromatic rings. The number of halogens is 2. The molecule has 0 bridgehead atoms. The number of nitrogens with zero attached hydrogens (tertiary/aromatic N) is 3. The number of benzene rings is 2. The molecular formula is C20H14ClFN4O2. The molecule has 28 heavy (non-hydrogen) atoms. The number of aromatic nitrogens is 3. The molecule has 1 N–H and O–H groups in total. The molecule has 0 fully saturated rings. The van der Waals surface area contributed by atoms with Crippen LogP contribution in [0.3, 0.4) is 0 Å². The third-order valence-electron chi connectivity index (χ3n) is 4.01. The summed E-state index contributed by atoms with van der Waals surface area (Å²) in [6.45, 7) is 0.547. The molecule has 0 spiro atoms. The van der Waals surface area contributed by atoms with Gasteiger partial charge >= 0.3 is 0 Å². The van der Waals surface area contributed by atoms with Crippen molar-refractivity contribution >= 4 is 23.3 Å². The maximum atomic E-state index is 13.0. The zero-order chi connectivity index (χ0) is 19.5. The summed E-state index contributed by atoms with van der Waals surface area (Å²) >= 11 is 5.88. The largest absolute Gasteiger partial charge is 0.355 e. The minimum atomic E-state index is -0.450. The Labute approximate surface area is 164 Å². The fraction of sp³-hybridized carbons (Fsp3) is 0.0500. The molecule has 4 rings (SSSR count). The Kier molecular flexibility index (Phi) is 4.90. The second-order valence-corrected chi connectivity index (χ2v) is 6.50. The molecule has 0 unspecified atom stereocenters. The summed E-state index contributed by atoms with van der Waals surface area (Å²) in [6.07, 6.45) is 1.76. The molecule has 0 saturated carbocycles. The first-order valence-corrected chi connectivity index (χ1v) is 8.76. The van der Waals surface area contributed by atoms with Gasteiger partial charge in [0.1, 0.15) is 5.82 Å². The normalized spacial score (nSPS) is 10.8. The van der Waals surface area contributed by atoms with E-state index in [4.69, 9.17) is 16.1 Å². The van der Waals surface area contributed by atoms with E-state index in [0.29, 0.717) is 28.7 Å². The maximum absolute atomic E-state index is 13.0. The van der Waals surface area contributed by atoms with Gasteiger partial charge in [-0.15, -0.1) is 0 Å². The highest BCUT2D eigenvalue weighted by atomic mass is 35.5. The minimum Gasteiger partial charge on any atom is -0.355 e. The standard InChI is InChI=1S/C20H14ClFN4O2/c21-15-5-1-13(2-6-15)12-26-10-9-19(24-26)23-20(27)17-11-18(28-25-17)14-3-7-16(22)8-4-14/h1-11H,12H2,(H,23,24,27). The zero-order valence-electron chi connectivity index (χ0n) is 14.5. The van der Waals surface area contributed by atoms with Crippen LogP contribution in [0.5, 0.6) is 0 Å². The van der Waals surface area contributed by atoms with Crippen molar-refractivity contribution in [3.05, 3.63) is 89.0 Å². The fourth-order valence-corrected chi connectivity index (χ4v) is 2.73. The summed E-state index contributed by atoms with van der Waals surface area (Å²) in [5.74, 6) is -0.0343. The monoisotopic (exact) mass is 396 g/mol. The molecule has 2 heterocycles. The van der Waals surface area contributed by atoms with E-state index in [9.17, 15) is 9.18 Å². The van der Waals surface area contributed by atoms with Crippen molar-refractivity contribution in [3.8, 4) is 11.3 Å². The molecule has 140 valence electrons. The Hall–Kier alpha value is -3.45. The van der Waals surface area contributed by atoms with Crippen molar-refractivity contribution in [1.82, 2.24) is 14.9 Å². The summed E-state index contributed by atoms with van der Waals surface area (Å²) in [7, 11) is 0. The number of carbonyl (C=O) groups is 1. The predicted octanol–water partition coefficient (Wildman–Crippen LogP) is 4.63. The summed E-state index contributed by atoms with van der Waals surface area (Å²) in [6, 6.07) is 16.4. The van der Waals surface area contributed by atoms with Crippen molar-refractivity contribution in [1.29, 1.82) is 0 Å². The smallest absolute Gasteiger partial charge is 0.279 e. The fourth-order valence-electron chi connectivity index (χ4n) is 2.61. The van der Waals surface area contributed by atoms with Gasteiger partial charge in [0.25, 0.3) is 5.91 Å². The van der Waals surface area contributed by atoms with E-state index in [1.54, 1.807) is 29.1 Å². The average molecular weight is 397 g/mol. The average Bonchev–Trinajstić information content (AvgIpc) is 3.34. The SMILES string of the molecule is O=C(Nc1ccn(Cc2ccc(Cl)cc2)n1)c1cc(-c2ccc(F)cc2)on1. The van der Waals surface area contributed by atoms with Gasteiger partial charge in [0, 0.05) is 28.9 Å². The van der Waals surface area contributed by atoms with Crippen molar-refractivity contribution < 1.29 is 13.7 Å². The highest BCUT2D eigenvalue weighted by Crippen LogP contribution is 2.21.